The van der Waals surface area contributed by atoms with Gasteiger partial charge in [-0.25, -0.2) is 4.79 Å². The zero-order chi connectivity index (χ0) is 88.9. The van der Waals surface area contributed by atoms with Crippen LogP contribution in [0.25, 0.3) is 11.1 Å². The number of amides is 8. The molecule has 19 atom stereocenters. The number of nitrogens with one attached hydrogen (secondary N) is 9. The summed E-state index contributed by atoms with van der Waals surface area (Å²) in [5.74, 6) is -18.5. The number of ether oxygens (including phenoxy) is 6. The summed E-state index contributed by atoms with van der Waals surface area (Å²) in [7, 11) is 1.47. The molecule has 11 bridgehead atoms. The number of carbonyl (C=O) groups excluding carboxylic acids is 8. The van der Waals surface area contributed by atoms with Crippen LogP contribution in [0.1, 0.15) is 170 Å². The summed E-state index contributed by atoms with van der Waals surface area (Å²) in [6.07, 6.45) is -10.6. The van der Waals surface area contributed by atoms with E-state index in [1.54, 1.807) is 25.6 Å². The van der Waals surface area contributed by atoms with Crippen molar-refractivity contribution in [2.45, 2.75) is 227 Å². The lowest BCUT2D eigenvalue weighted by Gasteiger charge is -2.48. The smallest absolute Gasteiger partial charge is 0.326 e. The minimum atomic E-state index is -2.44. The van der Waals surface area contributed by atoms with E-state index in [9.17, 15) is 80.1 Å². The van der Waals surface area contributed by atoms with Crippen molar-refractivity contribution in [1.29, 1.82) is 0 Å². The van der Waals surface area contributed by atoms with Gasteiger partial charge in [-0.2, -0.15) is 11.8 Å². The molecule has 0 aromatic heterocycles. The minimum Gasteiger partial charge on any atom is -0.508 e. The highest BCUT2D eigenvalue weighted by Gasteiger charge is 2.52. The van der Waals surface area contributed by atoms with E-state index in [2.05, 4.69) is 49.5 Å². The molecule has 8 amide bonds. The second-order valence-electron chi connectivity index (χ2n) is 31.3. The number of likely N-dealkylation sites (N-methyl/N-ethyl adjacent to an activating group) is 1. The van der Waals surface area contributed by atoms with E-state index in [1.165, 1.54) is 51.3 Å². The van der Waals surface area contributed by atoms with E-state index < -0.39 is 267 Å². The Morgan fingerprint density at radius 2 is 1.30 bits per heavy atom. The number of rotatable bonds is 30. The Bertz CT molecular complexity index is 4670. The third kappa shape index (κ3) is 22.9. The number of aliphatic hydroxyl groups is 6. The minimum absolute atomic E-state index is 0.116. The van der Waals surface area contributed by atoms with Gasteiger partial charge in [-0.05, 0) is 128 Å². The van der Waals surface area contributed by atoms with Crippen molar-refractivity contribution >= 4 is 94.2 Å². The first-order chi connectivity index (χ1) is 57.9. The molecule has 37 nitrogen and oxygen atoms in total. The van der Waals surface area contributed by atoms with Crippen LogP contribution in [0.4, 0.5) is 0 Å². The number of phenolic OH excluding ortho intramolecular Hbond substituents is 3. The molecule has 5 aromatic carbocycles. The molecule has 5 aromatic rings. The molecule has 40 heteroatoms. The van der Waals surface area contributed by atoms with Gasteiger partial charge in [-0.1, -0.05) is 107 Å². The first-order valence-corrected chi connectivity index (χ1v) is 41.9. The fourth-order valence-electron chi connectivity index (χ4n) is 15.1. The van der Waals surface area contributed by atoms with Gasteiger partial charge >= 0.3 is 11.9 Å². The van der Waals surface area contributed by atoms with Crippen LogP contribution >= 0.6 is 35.0 Å². The number of carboxylic acids is 2. The number of halogens is 2. The molecule has 0 aliphatic carbocycles. The van der Waals surface area contributed by atoms with Gasteiger partial charge in [0.15, 0.2) is 23.9 Å². The SMILES string of the molecule is CCCCCCCCCCSCCN[C@@]1(C)C[C@H](O[C@H]2[C@H](Oc3c4cc5cc3Oc3ccc(cc3Cl)[C@@H](O)[C@@H](NC(=O)[C@@H](CC(C)C)NC)C(=O)N[C@@H](CC(N)=O)C(=O)N[C@H]5C(=O)N[C@H]3C(=O)N[C@H](C(=O)N[C@H](C(=O)N[C@@H](CC(=O)O)C(=O)O)c5cc(O)cc(O)c5-c5cc3ccc5O)[C@H](O)c3ccc(c(Cl)c3)O4)O[C@H](CO)[C@@H](O)[C@@H]2O)O[C@@H](C)[C@H]1O. The third-order valence-electron chi connectivity index (χ3n) is 21.7. The number of thioether (sulfide) groups is 1. The van der Waals surface area contributed by atoms with E-state index >= 15 is 24.0 Å². The Balaban J connectivity index is 1.17. The van der Waals surface area contributed by atoms with Crippen molar-refractivity contribution in [2.75, 3.05) is 31.7 Å². The maximum atomic E-state index is 16.3. The zero-order valence-electron chi connectivity index (χ0n) is 67.5. The monoisotopic (exact) mass is 1760 g/mol. The number of primary amides is 1. The zero-order valence-corrected chi connectivity index (χ0v) is 69.8. The van der Waals surface area contributed by atoms with Crippen molar-refractivity contribution in [2.24, 2.45) is 11.7 Å². The molecule has 2 fully saturated rings. The third-order valence-corrected chi connectivity index (χ3v) is 23.3. The Kier molecular flexibility index (Phi) is 32.5. The Morgan fingerprint density at radius 1 is 0.680 bits per heavy atom. The first kappa shape index (κ1) is 94.3. The van der Waals surface area contributed by atoms with Gasteiger partial charge in [0.1, 0.15) is 102 Å². The highest BCUT2D eigenvalue weighted by molar-refractivity contribution is 7.99. The number of aromatic hydroxyl groups is 3. The number of aliphatic hydroxyl groups excluding tert-OH is 6. The summed E-state index contributed by atoms with van der Waals surface area (Å²) in [5.41, 5.74) is 1.29. The molecule has 22 N–H and O–H groups in total. The van der Waals surface area contributed by atoms with Gasteiger partial charge in [0.2, 0.25) is 59.3 Å². The topological polar surface area (TPSA) is 583 Å². The quantitative estimate of drug-likeness (QED) is 0.0292. The number of carbonyl (C=O) groups is 10. The van der Waals surface area contributed by atoms with Crippen LogP contribution in [0.5, 0.6) is 46.0 Å². The predicted molar refractivity (Wildman–Crippen MR) is 437 cm³/mol. The van der Waals surface area contributed by atoms with Crippen molar-refractivity contribution in [3.63, 3.8) is 0 Å². The molecule has 0 spiro atoms. The van der Waals surface area contributed by atoms with Crippen molar-refractivity contribution < 1.29 is 133 Å². The lowest BCUT2D eigenvalue weighted by Crippen LogP contribution is -2.65. The average molecular weight is 1760 g/mol. The van der Waals surface area contributed by atoms with Gasteiger partial charge in [0.25, 0.3) is 0 Å². The second kappa shape index (κ2) is 42.0. The number of phenols is 3. The Morgan fingerprint density at radius 3 is 1.90 bits per heavy atom. The highest BCUT2D eigenvalue weighted by atomic mass is 35.5. The molecular weight excluding hydrogens is 1660 g/mol. The second-order valence-corrected chi connectivity index (χ2v) is 33.3. The summed E-state index contributed by atoms with van der Waals surface area (Å²) in [5, 5.41) is 148. The molecule has 0 saturated carbocycles. The van der Waals surface area contributed by atoms with Gasteiger partial charge < -0.3 is 138 Å². The normalized spacial score (nSPS) is 26.6. The number of hydrogen-bond acceptors (Lipinski definition) is 28. The molecule has 122 heavy (non-hydrogen) atoms. The lowest BCUT2D eigenvalue weighted by molar-refractivity contribution is -0.334. The maximum Gasteiger partial charge on any atom is 0.326 e. The summed E-state index contributed by atoms with van der Waals surface area (Å²) in [6, 6.07) is -3.84. The van der Waals surface area contributed by atoms with Crippen LogP contribution in [-0.2, 0) is 62.2 Å². The van der Waals surface area contributed by atoms with Crippen molar-refractivity contribution in [3.05, 3.63) is 117 Å². The van der Waals surface area contributed by atoms with Crippen LogP contribution in [0.3, 0.4) is 0 Å². The Labute approximate surface area is 715 Å². The summed E-state index contributed by atoms with van der Waals surface area (Å²) in [4.78, 5) is 145. The molecule has 0 radical (unpaired) electrons. The fourth-order valence-corrected chi connectivity index (χ4v) is 16.4. The van der Waals surface area contributed by atoms with Crippen LogP contribution in [-0.4, -0.2) is 232 Å². The summed E-state index contributed by atoms with van der Waals surface area (Å²) in [6.45, 7) is 8.59. The number of unbranched alkanes of at least 4 members (excludes halogenated alkanes) is 7. The van der Waals surface area contributed by atoms with Crippen LogP contribution in [0.15, 0.2) is 78.9 Å². The highest BCUT2D eigenvalue weighted by Crippen LogP contribution is 2.50. The average Bonchev–Trinajstić information content (AvgIpc) is 0.759. The van der Waals surface area contributed by atoms with Crippen LogP contribution in [0.2, 0.25) is 10.0 Å². The van der Waals surface area contributed by atoms with E-state index in [-0.39, 0.29) is 40.7 Å². The number of nitrogens with two attached hydrogens (primary N) is 1. The molecule has 7 aliphatic rings. The van der Waals surface area contributed by atoms with Gasteiger partial charge in [0.05, 0.1) is 47.7 Å². The Hall–Kier alpha value is -9.91. The number of aliphatic carboxylic acids is 2. The number of benzene rings is 5. The molecule has 2 saturated heterocycles. The van der Waals surface area contributed by atoms with Crippen LogP contribution < -0.4 is 67.8 Å². The molecule has 664 valence electrons. The largest absolute Gasteiger partial charge is 0.508 e. The maximum absolute atomic E-state index is 16.3. The first-order valence-electron chi connectivity index (χ1n) is 39.9. The van der Waals surface area contributed by atoms with Gasteiger partial charge in [-0.15, -0.1) is 0 Å². The van der Waals surface area contributed by atoms with E-state index in [0.29, 0.717) is 18.4 Å². The molecular formula is C82H104Cl2N10O27S. The number of fused-ring (bicyclic) bond motifs is 15. The van der Waals surface area contributed by atoms with Crippen molar-refractivity contribution in [1.82, 2.24) is 47.9 Å². The fraction of sp³-hybridized carbons (Fsp3) is 0.512. The van der Waals surface area contributed by atoms with Crippen LogP contribution in [0, 0.1) is 5.92 Å². The standard InChI is InChI=1S/C82H104Cl2N10O27S/c1-7-8-9-10-11-12-13-14-22-122-23-21-87-82(5)34-59(116-37(4)72(82)106)120-71-69(105)68(104)56(35-95)119-81(71)121-70-54-28-41-29-55(70)118-53-20-17-40(27-46(53)84)67(103)65-79(113)92-63(77(111)89-49(80(114)115)33-58(100)101)44-30-42(96)31-51(98)60(44)43-25-38(15-18-50(43)97)61(75(109)94-65)91-76(110)62(41)90-74(108)48(32-57(85)99)88-78(112)64(93-73(107)47(86-6)24-36(2)3)66(102)39-16-19-52(117-54)45(83)26-39/h15-20,25-31,36-37,47-49,56,59,61-69,71-72,81,86-87,95-98,102-106H,7-14,21-24,32-35H2,1-6H3,(H2,85,99)(H,88,112)(H,89,111)(H,90,108)(H,91,110)(H,92,113)(H,93,107)(H,94,109)(H,100,101)(H,114,115)/t37-,47+,48-,49-,56+,59-,61+,62+,63-,64+,65-,66+,67+,68+,69-,71+,72+,81-,82-/m0/s1. The molecule has 0 unspecified atom stereocenters. The van der Waals surface area contributed by atoms with Crippen molar-refractivity contribution in [3.8, 4) is 57.1 Å². The van der Waals surface area contributed by atoms with Gasteiger partial charge in [-0.3, -0.25) is 43.2 Å². The molecule has 7 heterocycles. The number of hydrogen-bond donors (Lipinski definition) is 21. The lowest BCUT2D eigenvalue weighted by atomic mass is 9.85. The summed E-state index contributed by atoms with van der Waals surface area (Å²) >= 11 is 16.1. The van der Waals surface area contributed by atoms with E-state index in [1.807, 2.05) is 19.2 Å². The molecule has 12 rings (SSSR count). The predicted octanol–water partition coefficient (Wildman–Crippen LogP) is 3.57. The van der Waals surface area contributed by atoms with Gasteiger partial charge in [0, 0.05) is 41.5 Å². The summed E-state index contributed by atoms with van der Waals surface area (Å²) < 4.78 is 39.5. The van der Waals surface area contributed by atoms with E-state index in [4.69, 9.17) is 57.4 Å². The van der Waals surface area contributed by atoms with E-state index in [0.717, 1.165) is 85.7 Å². The number of carboxylic acid groups (broad SMARTS) is 2. The molecule has 7 aliphatic heterocycles.